The highest BCUT2D eigenvalue weighted by molar-refractivity contribution is 7.86. The topological polar surface area (TPSA) is 151 Å². The number of rotatable bonds is 5. The van der Waals surface area contributed by atoms with Gasteiger partial charge in [-0.3, -0.25) is 28.1 Å². The molecule has 1 aliphatic rings. The van der Waals surface area contributed by atoms with Crippen LogP contribution in [0, 0.1) is 12.3 Å². The molecular weight excluding hydrogens is 384 g/mol. The molecule has 1 heterocycles. The fraction of sp³-hybridized carbons (Fsp3) is 0.600. The molecule has 1 aromatic heterocycles. The van der Waals surface area contributed by atoms with Crippen molar-refractivity contribution >= 4 is 22.1 Å². The summed E-state index contributed by atoms with van der Waals surface area (Å²) in [6, 6.07) is -0.821. The highest BCUT2D eigenvalue weighted by Gasteiger charge is 2.62. The second-order valence-electron chi connectivity index (χ2n) is 6.32. The third kappa shape index (κ3) is 3.81. The third-order valence-corrected chi connectivity index (χ3v) is 5.10. The van der Waals surface area contributed by atoms with Crippen LogP contribution in [-0.2, 0) is 33.4 Å². The molecule has 0 saturated heterocycles. The Kier molecular flexibility index (Phi) is 5.61. The Morgan fingerprint density at radius 3 is 2.26 bits per heavy atom. The number of methoxy groups -OCH3 is 2. The van der Waals surface area contributed by atoms with Crippen molar-refractivity contribution in [3.63, 3.8) is 0 Å². The minimum atomic E-state index is -4.05. The van der Waals surface area contributed by atoms with Gasteiger partial charge in [0.2, 0.25) is 0 Å². The highest BCUT2D eigenvalue weighted by atomic mass is 32.2. The van der Waals surface area contributed by atoms with Crippen molar-refractivity contribution in [1.82, 2.24) is 9.55 Å². The van der Waals surface area contributed by atoms with E-state index in [9.17, 15) is 27.6 Å². The molecule has 0 unspecified atom stereocenters. The highest BCUT2D eigenvalue weighted by Crippen LogP contribution is 2.48. The van der Waals surface area contributed by atoms with E-state index in [1.807, 2.05) is 0 Å². The maximum atomic E-state index is 12.5. The minimum absolute atomic E-state index is 0.178. The second kappa shape index (κ2) is 7.27. The van der Waals surface area contributed by atoms with Crippen LogP contribution in [0.3, 0.4) is 0 Å². The number of nitrogens with one attached hydrogen (secondary N) is 1. The molecule has 11 nitrogen and oxygen atoms in total. The summed E-state index contributed by atoms with van der Waals surface area (Å²) < 4.78 is 38.8. The largest absolute Gasteiger partial charge is 0.468 e. The normalized spacial score (nSPS) is 21.6. The number of carbonyl (C=O) groups excluding carboxylic acids is 2. The lowest BCUT2D eigenvalue weighted by molar-refractivity contribution is -0.174. The molecule has 27 heavy (non-hydrogen) atoms. The Balaban J connectivity index is 2.62. The van der Waals surface area contributed by atoms with Gasteiger partial charge in [0.05, 0.1) is 20.5 Å². The maximum Gasteiger partial charge on any atom is 0.328 e. The van der Waals surface area contributed by atoms with Gasteiger partial charge in [-0.05, 0) is 19.8 Å². The van der Waals surface area contributed by atoms with Gasteiger partial charge in [-0.2, -0.15) is 8.42 Å². The van der Waals surface area contributed by atoms with Crippen LogP contribution in [0.15, 0.2) is 15.8 Å². The molecule has 2 rings (SSSR count). The predicted octanol–water partition coefficient (Wildman–Crippen LogP) is -1.14. The van der Waals surface area contributed by atoms with Crippen LogP contribution in [0.5, 0.6) is 0 Å². The van der Waals surface area contributed by atoms with Crippen LogP contribution in [0.4, 0.5) is 0 Å². The number of aryl methyl sites for hydroxylation is 1. The van der Waals surface area contributed by atoms with Crippen molar-refractivity contribution in [1.29, 1.82) is 0 Å². The zero-order valence-corrected chi connectivity index (χ0v) is 16.0. The van der Waals surface area contributed by atoms with E-state index in [1.165, 1.54) is 13.1 Å². The molecule has 0 radical (unpaired) electrons. The number of nitrogens with zero attached hydrogens (tertiary/aromatic N) is 1. The van der Waals surface area contributed by atoms with Gasteiger partial charge in [0.1, 0.15) is 6.10 Å². The predicted molar refractivity (Wildman–Crippen MR) is 90.5 cm³/mol. The molecule has 2 atom stereocenters. The molecule has 0 aromatic carbocycles. The van der Waals surface area contributed by atoms with E-state index in [0.717, 1.165) is 25.0 Å². The quantitative estimate of drug-likeness (QED) is 0.365. The summed E-state index contributed by atoms with van der Waals surface area (Å²) in [5.41, 5.74) is -3.20. The molecule has 1 aromatic rings. The van der Waals surface area contributed by atoms with Crippen molar-refractivity contribution in [2.24, 2.45) is 5.41 Å². The standard InChI is InChI=1S/C15H20N2O9S/c1-8-7-17(14(21)16-11(8)18)9-5-10(26-27(4,22)23)15(6-9,12(19)24-2)13(20)25-3/h7,9-10H,5-6H2,1-4H3,(H,16,18,21)/t9-,10+/m0/s1. The lowest BCUT2D eigenvalue weighted by Gasteiger charge is -2.28. The number of H-pyrrole nitrogens is 1. The molecular formula is C15H20N2O9S. The smallest absolute Gasteiger partial charge is 0.328 e. The second-order valence-corrected chi connectivity index (χ2v) is 7.92. The van der Waals surface area contributed by atoms with Gasteiger partial charge in [0.25, 0.3) is 15.7 Å². The monoisotopic (exact) mass is 404 g/mol. The number of hydrogen-bond donors (Lipinski definition) is 1. The molecule has 1 fully saturated rings. The van der Waals surface area contributed by atoms with E-state index < -0.39 is 50.9 Å². The number of aromatic nitrogens is 2. The minimum Gasteiger partial charge on any atom is -0.468 e. The average molecular weight is 404 g/mol. The first-order chi connectivity index (χ1) is 12.5. The molecule has 0 spiro atoms. The number of ether oxygens (including phenoxy) is 2. The summed E-state index contributed by atoms with van der Waals surface area (Å²) in [7, 11) is -1.98. The summed E-state index contributed by atoms with van der Waals surface area (Å²) in [5.74, 6) is -2.08. The van der Waals surface area contributed by atoms with E-state index in [2.05, 4.69) is 4.98 Å². The van der Waals surface area contributed by atoms with Gasteiger partial charge in [-0.25, -0.2) is 4.79 Å². The van der Waals surface area contributed by atoms with Crippen LogP contribution in [-0.4, -0.2) is 56.5 Å². The fourth-order valence-corrected chi connectivity index (χ4v) is 3.98. The summed E-state index contributed by atoms with van der Waals surface area (Å²) in [6.45, 7) is 1.47. The summed E-state index contributed by atoms with van der Waals surface area (Å²) in [6.07, 6.45) is 0.112. The first kappa shape index (κ1) is 20.8. The molecule has 12 heteroatoms. The first-order valence-electron chi connectivity index (χ1n) is 7.83. The van der Waals surface area contributed by atoms with Gasteiger partial charge in [-0.15, -0.1) is 0 Å². The van der Waals surface area contributed by atoms with Crippen molar-refractivity contribution in [3.8, 4) is 0 Å². The maximum absolute atomic E-state index is 12.5. The molecule has 0 amide bonds. The zero-order valence-electron chi connectivity index (χ0n) is 15.2. The Morgan fingerprint density at radius 2 is 1.78 bits per heavy atom. The van der Waals surface area contributed by atoms with Crippen LogP contribution < -0.4 is 11.2 Å². The Bertz CT molecular complexity index is 960. The molecule has 1 saturated carbocycles. The van der Waals surface area contributed by atoms with Crippen molar-refractivity contribution in [2.45, 2.75) is 31.9 Å². The summed E-state index contributed by atoms with van der Waals surface area (Å²) >= 11 is 0. The van der Waals surface area contributed by atoms with E-state index in [-0.39, 0.29) is 18.4 Å². The number of hydrogen-bond acceptors (Lipinski definition) is 9. The van der Waals surface area contributed by atoms with Gasteiger partial charge < -0.3 is 9.47 Å². The van der Waals surface area contributed by atoms with Gasteiger partial charge in [-0.1, -0.05) is 0 Å². The van der Waals surface area contributed by atoms with Crippen LogP contribution >= 0.6 is 0 Å². The lowest BCUT2D eigenvalue weighted by atomic mass is 9.84. The number of carbonyl (C=O) groups is 2. The first-order valence-corrected chi connectivity index (χ1v) is 9.65. The van der Waals surface area contributed by atoms with E-state index in [0.29, 0.717) is 0 Å². The SMILES string of the molecule is COC(=O)C1(C(=O)OC)C[C@@H](n2cc(C)c(=O)[nH]c2=O)C[C@H]1OS(C)(=O)=O. The van der Waals surface area contributed by atoms with E-state index >= 15 is 0 Å². The Labute approximate surface area is 154 Å². The number of aromatic amines is 1. The van der Waals surface area contributed by atoms with Gasteiger partial charge in [0, 0.05) is 17.8 Å². The van der Waals surface area contributed by atoms with Crippen molar-refractivity contribution < 1.29 is 31.7 Å². The summed E-state index contributed by atoms with van der Waals surface area (Å²) in [4.78, 5) is 50.8. The molecule has 1 N–H and O–H groups in total. The zero-order chi connectivity index (χ0) is 20.6. The molecule has 150 valence electrons. The van der Waals surface area contributed by atoms with Crippen LogP contribution in [0.1, 0.15) is 24.4 Å². The third-order valence-electron chi connectivity index (χ3n) is 4.52. The molecule has 0 bridgehead atoms. The number of esters is 2. The van der Waals surface area contributed by atoms with E-state index in [4.69, 9.17) is 13.7 Å². The van der Waals surface area contributed by atoms with Gasteiger partial charge >= 0.3 is 17.6 Å². The average Bonchev–Trinajstić information content (AvgIpc) is 2.94. The lowest BCUT2D eigenvalue weighted by Crippen LogP contribution is -2.48. The van der Waals surface area contributed by atoms with E-state index in [1.54, 1.807) is 0 Å². The Hall–Kier alpha value is -2.47. The summed E-state index contributed by atoms with van der Waals surface area (Å²) in [5, 5.41) is 0. The van der Waals surface area contributed by atoms with Crippen LogP contribution in [0.25, 0.3) is 0 Å². The Morgan fingerprint density at radius 1 is 1.22 bits per heavy atom. The van der Waals surface area contributed by atoms with Crippen molar-refractivity contribution in [2.75, 3.05) is 20.5 Å². The van der Waals surface area contributed by atoms with Crippen molar-refractivity contribution in [3.05, 3.63) is 32.6 Å². The molecule has 0 aliphatic heterocycles. The molecule has 1 aliphatic carbocycles. The fourth-order valence-electron chi connectivity index (χ4n) is 3.31. The van der Waals surface area contributed by atoms with Gasteiger partial charge in [0.15, 0.2) is 5.41 Å². The van der Waals surface area contributed by atoms with Crippen LogP contribution in [0.2, 0.25) is 0 Å².